The molecule has 1 aromatic heterocycles. The van der Waals surface area contributed by atoms with Crippen LogP contribution in [-0.2, 0) is 7.05 Å². The Balaban J connectivity index is 2.44. The monoisotopic (exact) mass is 233 g/mol. The van der Waals surface area contributed by atoms with Gasteiger partial charge in [-0.25, -0.2) is 4.79 Å². The van der Waals surface area contributed by atoms with Gasteiger partial charge in [-0.05, 0) is 30.7 Å². The predicted octanol–water partition coefficient (Wildman–Crippen LogP) is 2.67. The third-order valence-corrected chi connectivity index (χ3v) is 2.71. The van der Waals surface area contributed by atoms with E-state index in [-0.39, 0.29) is 5.69 Å². The third kappa shape index (κ3) is 2.11. The van der Waals surface area contributed by atoms with Gasteiger partial charge < -0.3 is 14.4 Å². The summed E-state index contributed by atoms with van der Waals surface area (Å²) >= 11 is 0. The van der Waals surface area contributed by atoms with Gasteiger partial charge in [-0.2, -0.15) is 0 Å². The maximum absolute atomic E-state index is 11.0. The standard InChI is InChI=1S/C13H15NO3/c1-3-6-17-10-4-5-11-9(7-10)8-12(13(15)16)14(11)2/h4-5,7-8H,3,6H2,1-2H3,(H,15,16). The van der Waals surface area contributed by atoms with Crippen molar-refractivity contribution in [1.29, 1.82) is 0 Å². The van der Waals surface area contributed by atoms with Crippen molar-refractivity contribution >= 4 is 16.9 Å². The van der Waals surface area contributed by atoms with E-state index in [2.05, 4.69) is 0 Å². The fourth-order valence-corrected chi connectivity index (χ4v) is 1.84. The van der Waals surface area contributed by atoms with Crippen LogP contribution in [0.15, 0.2) is 24.3 Å². The number of aromatic carboxylic acids is 1. The van der Waals surface area contributed by atoms with E-state index in [9.17, 15) is 4.79 Å². The van der Waals surface area contributed by atoms with Crippen molar-refractivity contribution in [2.75, 3.05) is 6.61 Å². The van der Waals surface area contributed by atoms with Crippen LogP contribution in [0.1, 0.15) is 23.8 Å². The number of rotatable bonds is 4. The number of hydrogen-bond donors (Lipinski definition) is 1. The average Bonchev–Trinajstić information content (AvgIpc) is 2.64. The van der Waals surface area contributed by atoms with Gasteiger partial charge in [0.25, 0.3) is 0 Å². The summed E-state index contributed by atoms with van der Waals surface area (Å²) in [5, 5.41) is 9.91. The molecule has 0 unspecified atom stereocenters. The number of hydrogen-bond acceptors (Lipinski definition) is 2. The molecule has 17 heavy (non-hydrogen) atoms. The lowest BCUT2D eigenvalue weighted by Gasteiger charge is -2.04. The van der Waals surface area contributed by atoms with Gasteiger partial charge in [0.05, 0.1) is 6.61 Å². The highest BCUT2D eigenvalue weighted by Crippen LogP contribution is 2.24. The number of carboxylic acids is 1. The van der Waals surface area contributed by atoms with E-state index < -0.39 is 5.97 Å². The van der Waals surface area contributed by atoms with Gasteiger partial charge in [0.1, 0.15) is 11.4 Å². The van der Waals surface area contributed by atoms with Crippen LogP contribution in [0.5, 0.6) is 5.75 Å². The summed E-state index contributed by atoms with van der Waals surface area (Å²) in [5.41, 5.74) is 1.18. The van der Waals surface area contributed by atoms with Crippen LogP contribution >= 0.6 is 0 Å². The molecule has 4 heteroatoms. The van der Waals surface area contributed by atoms with Crippen molar-refractivity contribution in [1.82, 2.24) is 4.57 Å². The summed E-state index contributed by atoms with van der Waals surface area (Å²) in [4.78, 5) is 11.0. The molecule has 0 bridgehead atoms. The highest BCUT2D eigenvalue weighted by molar-refractivity contribution is 5.94. The molecule has 0 aliphatic rings. The molecule has 0 saturated carbocycles. The molecule has 0 amide bonds. The van der Waals surface area contributed by atoms with Gasteiger partial charge in [-0.15, -0.1) is 0 Å². The fourth-order valence-electron chi connectivity index (χ4n) is 1.84. The van der Waals surface area contributed by atoms with E-state index in [4.69, 9.17) is 9.84 Å². The Morgan fingerprint density at radius 1 is 1.41 bits per heavy atom. The van der Waals surface area contributed by atoms with Gasteiger partial charge in [0, 0.05) is 18.0 Å². The minimum Gasteiger partial charge on any atom is -0.494 e. The van der Waals surface area contributed by atoms with Crippen LogP contribution in [0.2, 0.25) is 0 Å². The van der Waals surface area contributed by atoms with Crippen LogP contribution in [-0.4, -0.2) is 22.2 Å². The van der Waals surface area contributed by atoms with Crippen molar-refractivity contribution in [3.63, 3.8) is 0 Å². The predicted molar refractivity (Wildman–Crippen MR) is 65.7 cm³/mol. The first-order valence-electron chi connectivity index (χ1n) is 5.59. The summed E-state index contributed by atoms with van der Waals surface area (Å²) in [7, 11) is 1.75. The molecular weight excluding hydrogens is 218 g/mol. The zero-order valence-corrected chi connectivity index (χ0v) is 9.93. The highest BCUT2D eigenvalue weighted by Gasteiger charge is 2.12. The quantitative estimate of drug-likeness (QED) is 0.883. The summed E-state index contributed by atoms with van der Waals surface area (Å²) in [6.07, 6.45) is 0.952. The Bertz CT molecular complexity index is 557. The van der Waals surface area contributed by atoms with E-state index >= 15 is 0 Å². The van der Waals surface area contributed by atoms with E-state index in [1.54, 1.807) is 17.7 Å². The first kappa shape index (κ1) is 11.5. The zero-order chi connectivity index (χ0) is 12.4. The maximum atomic E-state index is 11.0. The van der Waals surface area contributed by atoms with E-state index in [0.717, 1.165) is 23.1 Å². The minimum atomic E-state index is -0.917. The molecule has 0 radical (unpaired) electrons. The van der Waals surface area contributed by atoms with Crippen LogP contribution in [0.3, 0.4) is 0 Å². The molecule has 2 rings (SSSR count). The van der Waals surface area contributed by atoms with E-state index in [1.807, 2.05) is 25.1 Å². The molecule has 0 aliphatic carbocycles. The largest absolute Gasteiger partial charge is 0.494 e. The molecule has 90 valence electrons. The Kier molecular flexibility index (Phi) is 3.04. The number of nitrogens with zero attached hydrogens (tertiary/aromatic N) is 1. The van der Waals surface area contributed by atoms with Gasteiger partial charge in [-0.1, -0.05) is 6.92 Å². The second-order valence-corrected chi connectivity index (χ2v) is 3.96. The van der Waals surface area contributed by atoms with Crippen molar-refractivity contribution in [2.45, 2.75) is 13.3 Å². The van der Waals surface area contributed by atoms with Gasteiger partial charge in [0.15, 0.2) is 0 Å². The van der Waals surface area contributed by atoms with Gasteiger partial charge >= 0.3 is 5.97 Å². The molecule has 1 heterocycles. The van der Waals surface area contributed by atoms with Crippen LogP contribution in [0, 0.1) is 0 Å². The SMILES string of the molecule is CCCOc1ccc2c(c1)cc(C(=O)O)n2C. The number of carboxylic acid groups (broad SMARTS) is 1. The number of carbonyl (C=O) groups is 1. The third-order valence-electron chi connectivity index (χ3n) is 2.71. The summed E-state index contributed by atoms with van der Waals surface area (Å²) < 4.78 is 7.18. The molecular formula is C13H15NO3. The maximum Gasteiger partial charge on any atom is 0.352 e. The van der Waals surface area contributed by atoms with Crippen molar-refractivity contribution in [3.8, 4) is 5.75 Å². The first-order chi connectivity index (χ1) is 8.13. The number of ether oxygens (including phenoxy) is 1. The Hall–Kier alpha value is -1.97. The van der Waals surface area contributed by atoms with Crippen molar-refractivity contribution < 1.29 is 14.6 Å². The van der Waals surface area contributed by atoms with Crippen LogP contribution in [0.25, 0.3) is 10.9 Å². The van der Waals surface area contributed by atoms with E-state index in [1.165, 1.54) is 0 Å². The number of aryl methyl sites for hydroxylation is 1. The topological polar surface area (TPSA) is 51.5 Å². The molecule has 2 aromatic rings. The van der Waals surface area contributed by atoms with Gasteiger partial charge in [-0.3, -0.25) is 0 Å². The molecule has 0 spiro atoms. The lowest BCUT2D eigenvalue weighted by molar-refractivity contribution is 0.0687. The van der Waals surface area contributed by atoms with Crippen molar-refractivity contribution in [3.05, 3.63) is 30.0 Å². The fraction of sp³-hybridized carbons (Fsp3) is 0.308. The normalized spacial score (nSPS) is 10.7. The van der Waals surface area contributed by atoms with Crippen LogP contribution in [0.4, 0.5) is 0 Å². The second-order valence-electron chi connectivity index (χ2n) is 3.96. The smallest absolute Gasteiger partial charge is 0.352 e. The number of aromatic nitrogens is 1. The minimum absolute atomic E-state index is 0.285. The Morgan fingerprint density at radius 2 is 2.18 bits per heavy atom. The Morgan fingerprint density at radius 3 is 2.82 bits per heavy atom. The molecule has 0 saturated heterocycles. The van der Waals surface area contributed by atoms with Gasteiger partial charge in [0.2, 0.25) is 0 Å². The summed E-state index contributed by atoms with van der Waals surface area (Å²) in [5.74, 6) is -0.137. The molecule has 0 atom stereocenters. The summed E-state index contributed by atoms with van der Waals surface area (Å²) in [6, 6.07) is 7.28. The average molecular weight is 233 g/mol. The molecule has 4 nitrogen and oxygen atoms in total. The molecule has 0 aliphatic heterocycles. The number of benzene rings is 1. The zero-order valence-electron chi connectivity index (χ0n) is 9.93. The molecule has 0 fully saturated rings. The Labute approximate surface area is 99.4 Å². The van der Waals surface area contributed by atoms with Crippen molar-refractivity contribution in [2.24, 2.45) is 7.05 Å². The molecule has 1 aromatic carbocycles. The first-order valence-corrected chi connectivity index (χ1v) is 5.59. The highest BCUT2D eigenvalue weighted by atomic mass is 16.5. The lowest BCUT2D eigenvalue weighted by Crippen LogP contribution is -2.03. The number of fused-ring (bicyclic) bond motifs is 1. The molecule has 1 N–H and O–H groups in total. The van der Waals surface area contributed by atoms with E-state index in [0.29, 0.717) is 6.61 Å². The second kappa shape index (κ2) is 4.49. The summed E-state index contributed by atoms with van der Waals surface area (Å²) in [6.45, 7) is 2.72. The lowest BCUT2D eigenvalue weighted by atomic mass is 10.2. The van der Waals surface area contributed by atoms with Crippen LogP contribution < -0.4 is 4.74 Å².